The van der Waals surface area contributed by atoms with Crippen LogP contribution in [0.15, 0.2) is 0 Å². The summed E-state index contributed by atoms with van der Waals surface area (Å²) >= 11 is 0. The molecule has 4 nitrogen and oxygen atoms in total. The number of aliphatic hydroxyl groups excluding tert-OH is 2. The third-order valence-corrected chi connectivity index (χ3v) is 9.78. The maximum absolute atomic E-state index is 9.84. The Labute approximate surface area is 117 Å². The molecule has 5 heteroatoms. The molecule has 1 unspecified atom stereocenters. The van der Waals surface area contributed by atoms with Crippen LogP contribution in [0.1, 0.15) is 27.2 Å². The molecule has 0 radical (unpaired) electrons. The molecule has 112 valence electrons. The first-order valence-electron chi connectivity index (χ1n) is 7.25. The van der Waals surface area contributed by atoms with Crippen LogP contribution in [0.25, 0.3) is 0 Å². The zero-order chi connectivity index (χ0) is 14.4. The van der Waals surface area contributed by atoms with Crippen molar-refractivity contribution in [2.24, 2.45) is 17.8 Å². The van der Waals surface area contributed by atoms with Gasteiger partial charge in [-0.1, -0.05) is 20.8 Å². The Morgan fingerprint density at radius 1 is 1.26 bits per heavy atom. The first-order chi connectivity index (χ1) is 8.67. The summed E-state index contributed by atoms with van der Waals surface area (Å²) in [5, 5.41) is 19.6. The van der Waals surface area contributed by atoms with Crippen molar-refractivity contribution in [1.29, 1.82) is 0 Å². The molecule has 1 aliphatic carbocycles. The second kappa shape index (κ2) is 5.11. The highest BCUT2D eigenvalue weighted by atomic mass is 28.4. The predicted molar refractivity (Wildman–Crippen MR) is 76.2 cm³/mol. The zero-order valence-electron chi connectivity index (χ0n) is 12.7. The van der Waals surface area contributed by atoms with Gasteiger partial charge in [0, 0.05) is 24.4 Å². The smallest absolute Gasteiger partial charge is 0.192 e. The summed E-state index contributed by atoms with van der Waals surface area (Å²) in [6.45, 7) is 11.8. The molecule has 0 amide bonds. The van der Waals surface area contributed by atoms with E-state index in [9.17, 15) is 10.2 Å². The van der Waals surface area contributed by atoms with Crippen LogP contribution >= 0.6 is 0 Å². The van der Waals surface area contributed by atoms with Gasteiger partial charge < -0.3 is 19.4 Å². The molecule has 2 aliphatic rings. The van der Waals surface area contributed by atoms with Crippen LogP contribution in [-0.2, 0) is 9.16 Å². The molecular weight excluding hydrogens is 260 g/mol. The predicted octanol–water partition coefficient (Wildman–Crippen LogP) is 1.97. The summed E-state index contributed by atoms with van der Waals surface area (Å²) in [5.74, 6) is 0.510. The first-order valence-corrected chi connectivity index (χ1v) is 10.2. The molecule has 1 aliphatic heterocycles. The van der Waals surface area contributed by atoms with Crippen LogP contribution in [0, 0.1) is 17.8 Å². The Morgan fingerprint density at radius 2 is 1.89 bits per heavy atom. The van der Waals surface area contributed by atoms with E-state index in [1.807, 2.05) is 0 Å². The number of fused-ring (bicyclic) bond motifs is 1. The minimum atomic E-state index is -1.86. The highest BCUT2D eigenvalue weighted by molar-refractivity contribution is 6.74. The van der Waals surface area contributed by atoms with Gasteiger partial charge in [0.15, 0.2) is 14.6 Å². The van der Waals surface area contributed by atoms with E-state index >= 15 is 0 Å². The van der Waals surface area contributed by atoms with Gasteiger partial charge in [0.05, 0.1) is 12.7 Å². The van der Waals surface area contributed by atoms with Crippen molar-refractivity contribution in [3.8, 4) is 0 Å². The Bertz CT molecular complexity index is 326. The minimum Gasteiger partial charge on any atom is -0.413 e. The molecule has 1 heterocycles. The van der Waals surface area contributed by atoms with Gasteiger partial charge in [-0.25, -0.2) is 0 Å². The molecule has 2 rings (SSSR count). The zero-order valence-corrected chi connectivity index (χ0v) is 13.7. The SMILES string of the molecule is CC(C)(C)[Si](C)(C)OC1[C@H](CO)C[C@H]2[C@@H]1CO[C@@H]2O. The lowest BCUT2D eigenvalue weighted by Gasteiger charge is -2.41. The van der Waals surface area contributed by atoms with Crippen molar-refractivity contribution in [1.82, 2.24) is 0 Å². The van der Waals surface area contributed by atoms with Crippen LogP contribution in [0.4, 0.5) is 0 Å². The summed E-state index contributed by atoms with van der Waals surface area (Å²) in [6.07, 6.45) is 0.168. The Hall–Kier alpha value is 0.0569. The molecule has 0 aromatic heterocycles. The fraction of sp³-hybridized carbons (Fsp3) is 1.00. The van der Waals surface area contributed by atoms with E-state index < -0.39 is 14.6 Å². The van der Waals surface area contributed by atoms with Crippen LogP contribution in [0.5, 0.6) is 0 Å². The minimum absolute atomic E-state index is 0.0352. The fourth-order valence-electron chi connectivity index (χ4n) is 3.01. The van der Waals surface area contributed by atoms with E-state index in [1.54, 1.807) is 0 Å². The maximum Gasteiger partial charge on any atom is 0.192 e. The van der Waals surface area contributed by atoms with E-state index in [0.717, 1.165) is 6.42 Å². The summed E-state index contributed by atoms with van der Waals surface area (Å²) in [5.41, 5.74) is 0. The third-order valence-electron chi connectivity index (χ3n) is 5.31. The van der Waals surface area contributed by atoms with E-state index in [2.05, 4.69) is 33.9 Å². The molecular formula is C14H28O4Si. The topological polar surface area (TPSA) is 58.9 Å². The third kappa shape index (κ3) is 2.76. The number of hydrogen-bond donors (Lipinski definition) is 2. The largest absolute Gasteiger partial charge is 0.413 e. The molecule has 0 aromatic rings. The van der Waals surface area contributed by atoms with Crippen molar-refractivity contribution < 1.29 is 19.4 Å². The van der Waals surface area contributed by atoms with Crippen molar-refractivity contribution in [2.45, 2.75) is 57.7 Å². The van der Waals surface area contributed by atoms with E-state index in [1.165, 1.54) is 0 Å². The summed E-state index contributed by atoms with van der Waals surface area (Å²) in [7, 11) is -1.86. The fourth-order valence-corrected chi connectivity index (χ4v) is 4.41. The number of aliphatic hydroxyl groups is 2. The molecule has 5 atom stereocenters. The molecule has 1 saturated carbocycles. The average molecular weight is 288 g/mol. The molecule has 2 fully saturated rings. The van der Waals surface area contributed by atoms with Crippen molar-refractivity contribution in [2.75, 3.05) is 13.2 Å². The molecule has 0 bridgehead atoms. The van der Waals surface area contributed by atoms with Crippen LogP contribution < -0.4 is 0 Å². The average Bonchev–Trinajstić information content (AvgIpc) is 2.79. The van der Waals surface area contributed by atoms with Gasteiger partial charge >= 0.3 is 0 Å². The Morgan fingerprint density at radius 3 is 2.42 bits per heavy atom. The van der Waals surface area contributed by atoms with Gasteiger partial charge in [0.25, 0.3) is 0 Å². The monoisotopic (exact) mass is 288 g/mol. The van der Waals surface area contributed by atoms with Gasteiger partial charge in [-0.3, -0.25) is 0 Å². The molecule has 2 N–H and O–H groups in total. The number of rotatable bonds is 3. The quantitative estimate of drug-likeness (QED) is 0.780. The van der Waals surface area contributed by atoms with Crippen LogP contribution in [-0.4, -0.2) is 44.1 Å². The van der Waals surface area contributed by atoms with Crippen molar-refractivity contribution in [3.05, 3.63) is 0 Å². The van der Waals surface area contributed by atoms with E-state index in [0.29, 0.717) is 6.61 Å². The standard InChI is InChI=1S/C14H28O4Si/c1-14(2,3)19(4,5)18-12-9(7-15)6-10-11(12)8-17-13(10)16/h9-13,15-16H,6-8H2,1-5H3/t9-,10-,11-,12?,13-/m0/s1. The summed E-state index contributed by atoms with van der Waals surface area (Å²) in [6, 6.07) is 0. The van der Waals surface area contributed by atoms with Gasteiger partial charge in [0.1, 0.15) is 0 Å². The van der Waals surface area contributed by atoms with E-state index in [4.69, 9.17) is 9.16 Å². The van der Waals surface area contributed by atoms with Crippen LogP contribution in [0.2, 0.25) is 18.1 Å². The first kappa shape index (κ1) is 15.4. The van der Waals surface area contributed by atoms with Gasteiger partial charge in [-0.05, 0) is 24.6 Å². The highest BCUT2D eigenvalue weighted by Gasteiger charge is 2.53. The van der Waals surface area contributed by atoms with Gasteiger partial charge in [-0.15, -0.1) is 0 Å². The van der Waals surface area contributed by atoms with Crippen LogP contribution in [0.3, 0.4) is 0 Å². The molecule has 19 heavy (non-hydrogen) atoms. The second-order valence-electron chi connectivity index (χ2n) is 7.57. The van der Waals surface area contributed by atoms with Crippen molar-refractivity contribution in [3.63, 3.8) is 0 Å². The Kier molecular flexibility index (Phi) is 4.16. The molecule has 0 spiro atoms. The second-order valence-corrected chi connectivity index (χ2v) is 12.3. The van der Waals surface area contributed by atoms with Gasteiger partial charge in [-0.2, -0.15) is 0 Å². The summed E-state index contributed by atoms with van der Waals surface area (Å²) in [4.78, 5) is 0. The highest BCUT2D eigenvalue weighted by Crippen LogP contribution is 2.48. The summed E-state index contributed by atoms with van der Waals surface area (Å²) < 4.78 is 11.9. The maximum atomic E-state index is 9.84. The lowest BCUT2D eigenvalue weighted by Crippen LogP contribution is -2.47. The number of ether oxygens (including phenoxy) is 1. The molecule has 0 aromatic carbocycles. The van der Waals surface area contributed by atoms with E-state index in [-0.39, 0.29) is 35.5 Å². The van der Waals surface area contributed by atoms with Crippen molar-refractivity contribution >= 4 is 8.32 Å². The number of hydrogen-bond acceptors (Lipinski definition) is 4. The van der Waals surface area contributed by atoms with Gasteiger partial charge in [0.2, 0.25) is 0 Å². The normalized spacial score (nSPS) is 39.6. The molecule has 1 saturated heterocycles. The lowest BCUT2D eigenvalue weighted by molar-refractivity contribution is -0.0871. The Balaban J connectivity index is 2.14. The lowest BCUT2D eigenvalue weighted by atomic mass is 9.98.